The van der Waals surface area contributed by atoms with Gasteiger partial charge in [0.05, 0.1) is 17.8 Å². The molecule has 0 spiro atoms. The van der Waals surface area contributed by atoms with Crippen molar-refractivity contribution in [1.29, 1.82) is 0 Å². The number of ether oxygens (including phenoxy) is 1. The summed E-state index contributed by atoms with van der Waals surface area (Å²) in [6.45, 7) is 0.942. The number of para-hydroxylation sites is 1. The second kappa shape index (κ2) is 9.82. The van der Waals surface area contributed by atoms with Crippen LogP contribution in [0.25, 0.3) is 0 Å². The van der Waals surface area contributed by atoms with Crippen LogP contribution in [0.5, 0.6) is 5.75 Å². The predicted octanol–water partition coefficient (Wildman–Crippen LogP) is 1.88. The summed E-state index contributed by atoms with van der Waals surface area (Å²) in [5.41, 5.74) is 1.10. The molecule has 2 N–H and O–H groups in total. The van der Waals surface area contributed by atoms with Crippen molar-refractivity contribution in [1.82, 2.24) is 10.6 Å². The summed E-state index contributed by atoms with van der Waals surface area (Å²) in [5.74, 6) is 1.43. The van der Waals surface area contributed by atoms with E-state index in [2.05, 4.69) is 15.6 Å². The van der Waals surface area contributed by atoms with Gasteiger partial charge in [-0.05, 0) is 30.2 Å². The number of sulfone groups is 1. The molecule has 0 aliphatic carbocycles. The van der Waals surface area contributed by atoms with Gasteiger partial charge >= 0.3 is 0 Å². The number of rotatable bonds is 8. The summed E-state index contributed by atoms with van der Waals surface area (Å²) in [5, 5.41) is 6.22. The first-order chi connectivity index (χ1) is 12.6. The molecule has 0 aliphatic rings. The van der Waals surface area contributed by atoms with E-state index in [1.165, 1.54) is 0 Å². The van der Waals surface area contributed by atoms with Gasteiger partial charge in [-0.3, -0.25) is 4.99 Å². The van der Waals surface area contributed by atoms with Crippen LogP contribution in [0.4, 0.5) is 0 Å². The number of guanidine groups is 1. The molecule has 2 rings (SSSR count). The van der Waals surface area contributed by atoms with Crippen LogP contribution in [-0.2, 0) is 16.3 Å². The predicted molar refractivity (Wildman–Crippen MR) is 105 cm³/mol. The molecular formula is C19H25N3O3S. The number of methoxy groups -OCH3 is 1. The maximum atomic E-state index is 12.3. The molecule has 2 aromatic carbocycles. The third-order valence-corrected chi connectivity index (χ3v) is 5.60. The fraction of sp³-hybridized carbons (Fsp3) is 0.316. The summed E-state index contributed by atoms with van der Waals surface area (Å²) < 4.78 is 29.8. The fourth-order valence-electron chi connectivity index (χ4n) is 2.50. The van der Waals surface area contributed by atoms with Crippen molar-refractivity contribution in [3.63, 3.8) is 0 Å². The number of benzene rings is 2. The largest absolute Gasteiger partial charge is 0.496 e. The van der Waals surface area contributed by atoms with E-state index in [4.69, 9.17) is 4.74 Å². The molecule has 0 atom stereocenters. The number of hydrogen-bond acceptors (Lipinski definition) is 4. The highest BCUT2D eigenvalue weighted by molar-refractivity contribution is 7.91. The molecule has 6 nitrogen and oxygen atoms in total. The van der Waals surface area contributed by atoms with Crippen LogP contribution in [0, 0.1) is 0 Å². The standard InChI is InChI=1S/C19H25N3O3S/c1-20-19(21-13-12-16-8-6-7-11-18(16)25-2)22-14-15-26(23,24)17-9-4-3-5-10-17/h3-11H,12-15H2,1-2H3,(H2,20,21,22). The minimum atomic E-state index is -3.30. The Bertz CT molecular complexity index is 821. The van der Waals surface area contributed by atoms with Crippen molar-refractivity contribution in [2.24, 2.45) is 4.99 Å². The molecular weight excluding hydrogens is 350 g/mol. The lowest BCUT2D eigenvalue weighted by Crippen LogP contribution is -2.40. The smallest absolute Gasteiger partial charge is 0.191 e. The second-order valence-electron chi connectivity index (χ2n) is 5.62. The van der Waals surface area contributed by atoms with Crippen LogP contribution >= 0.6 is 0 Å². The molecule has 2 aromatic rings. The molecule has 0 heterocycles. The Morgan fingerprint density at radius 3 is 2.35 bits per heavy atom. The Labute approximate surface area is 155 Å². The Morgan fingerprint density at radius 2 is 1.65 bits per heavy atom. The highest BCUT2D eigenvalue weighted by Gasteiger charge is 2.13. The molecule has 0 aliphatic heterocycles. The van der Waals surface area contributed by atoms with Gasteiger partial charge in [0.25, 0.3) is 0 Å². The lowest BCUT2D eigenvalue weighted by atomic mass is 10.1. The summed E-state index contributed by atoms with van der Waals surface area (Å²) in [6.07, 6.45) is 0.771. The van der Waals surface area contributed by atoms with Crippen LogP contribution in [0.15, 0.2) is 64.5 Å². The van der Waals surface area contributed by atoms with Crippen LogP contribution in [0.1, 0.15) is 5.56 Å². The van der Waals surface area contributed by atoms with E-state index in [0.717, 1.165) is 17.7 Å². The highest BCUT2D eigenvalue weighted by atomic mass is 32.2. The summed E-state index contributed by atoms with van der Waals surface area (Å²) >= 11 is 0. The van der Waals surface area contributed by atoms with Gasteiger partial charge in [-0.1, -0.05) is 36.4 Å². The average molecular weight is 375 g/mol. The zero-order valence-corrected chi connectivity index (χ0v) is 15.9. The summed E-state index contributed by atoms with van der Waals surface area (Å²) in [7, 11) is 0.0111. The van der Waals surface area contributed by atoms with Gasteiger partial charge in [-0.2, -0.15) is 0 Å². The van der Waals surface area contributed by atoms with Crippen LogP contribution in [-0.4, -0.2) is 47.4 Å². The van der Waals surface area contributed by atoms with Crippen molar-refractivity contribution >= 4 is 15.8 Å². The molecule has 140 valence electrons. The summed E-state index contributed by atoms with van der Waals surface area (Å²) in [4.78, 5) is 4.46. The van der Waals surface area contributed by atoms with Gasteiger partial charge in [0.15, 0.2) is 15.8 Å². The quantitative estimate of drug-likeness (QED) is 0.544. The lowest BCUT2D eigenvalue weighted by Gasteiger charge is -2.13. The topological polar surface area (TPSA) is 79.8 Å². The molecule has 0 amide bonds. The van der Waals surface area contributed by atoms with Crippen molar-refractivity contribution in [2.45, 2.75) is 11.3 Å². The van der Waals surface area contributed by atoms with E-state index in [-0.39, 0.29) is 12.3 Å². The van der Waals surface area contributed by atoms with E-state index in [0.29, 0.717) is 17.4 Å². The van der Waals surface area contributed by atoms with Gasteiger partial charge < -0.3 is 15.4 Å². The van der Waals surface area contributed by atoms with Gasteiger partial charge in [-0.25, -0.2) is 8.42 Å². The summed E-state index contributed by atoms with van der Waals surface area (Å²) in [6, 6.07) is 16.3. The first-order valence-electron chi connectivity index (χ1n) is 8.41. The van der Waals surface area contributed by atoms with E-state index in [1.807, 2.05) is 24.3 Å². The minimum absolute atomic E-state index is 0.00419. The van der Waals surface area contributed by atoms with Gasteiger partial charge in [0.2, 0.25) is 0 Å². The third-order valence-electron chi connectivity index (χ3n) is 3.87. The third kappa shape index (κ3) is 5.77. The monoisotopic (exact) mass is 375 g/mol. The van der Waals surface area contributed by atoms with Crippen molar-refractivity contribution in [3.05, 3.63) is 60.2 Å². The maximum absolute atomic E-state index is 12.3. The molecule has 0 fully saturated rings. The minimum Gasteiger partial charge on any atom is -0.496 e. The molecule has 0 saturated carbocycles. The van der Waals surface area contributed by atoms with E-state index in [1.54, 1.807) is 44.5 Å². The first-order valence-corrected chi connectivity index (χ1v) is 10.1. The zero-order chi connectivity index (χ0) is 18.8. The molecule has 0 aromatic heterocycles. The molecule has 0 unspecified atom stereocenters. The SMILES string of the molecule is CN=C(NCCc1ccccc1OC)NCCS(=O)(=O)c1ccccc1. The van der Waals surface area contributed by atoms with Gasteiger partial charge in [0.1, 0.15) is 5.75 Å². The normalized spacial score (nSPS) is 11.8. The molecule has 26 heavy (non-hydrogen) atoms. The highest BCUT2D eigenvalue weighted by Crippen LogP contribution is 2.17. The fourth-order valence-corrected chi connectivity index (χ4v) is 3.67. The van der Waals surface area contributed by atoms with Crippen molar-refractivity contribution < 1.29 is 13.2 Å². The van der Waals surface area contributed by atoms with Crippen LogP contribution in [0.2, 0.25) is 0 Å². The van der Waals surface area contributed by atoms with Gasteiger partial charge in [-0.15, -0.1) is 0 Å². The lowest BCUT2D eigenvalue weighted by molar-refractivity contribution is 0.409. The maximum Gasteiger partial charge on any atom is 0.191 e. The number of hydrogen-bond donors (Lipinski definition) is 2. The average Bonchev–Trinajstić information content (AvgIpc) is 2.67. The zero-order valence-electron chi connectivity index (χ0n) is 15.1. The van der Waals surface area contributed by atoms with Crippen LogP contribution in [0.3, 0.4) is 0 Å². The van der Waals surface area contributed by atoms with E-state index in [9.17, 15) is 8.42 Å². The van der Waals surface area contributed by atoms with Crippen molar-refractivity contribution in [2.75, 3.05) is 33.0 Å². The Balaban J connectivity index is 1.79. The molecule has 0 radical (unpaired) electrons. The number of aliphatic imine (C=N–C) groups is 1. The number of nitrogens with zero attached hydrogens (tertiary/aromatic N) is 1. The van der Waals surface area contributed by atoms with E-state index >= 15 is 0 Å². The molecule has 7 heteroatoms. The first kappa shape index (κ1) is 19.8. The number of nitrogens with one attached hydrogen (secondary N) is 2. The van der Waals surface area contributed by atoms with Gasteiger partial charge in [0, 0.05) is 20.1 Å². The Morgan fingerprint density at radius 1 is 1.00 bits per heavy atom. The molecule has 0 bridgehead atoms. The van der Waals surface area contributed by atoms with Crippen LogP contribution < -0.4 is 15.4 Å². The molecule has 0 saturated heterocycles. The van der Waals surface area contributed by atoms with Crippen molar-refractivity contribution in [3.8, 4) is 5.75 Å². The Kier molecular flexibility index (Phi) is 7.47. The second-order valence-corrected chi connectivity index (χ2v) is 7.73. The van der Waals surface area contributed by atoms with E-state index < -0.39 is 9.84 Å². The Hall–Kier alpha value is -2.54.